The third-order valence-electron chi connectivity index (χ3n) is 1.81. The Labute approximate surface area is 83.5 Å². The maximum Gasteiger partial charge on any atom is 0.335 e. The Morgan fingerprint density at radius 3 is 2.93 bits per heavy atom. The highest BCUT2D eigenvalue weighted by atomic mass is 32.1. The Hall–Kier alpha value is -1.46. The van der Waals surface area contributed by atoms with Crippen LogP contribution in [0.3, 0.4) is 0 Å². The Kier molecular flexibility index (Phi) is 2.18. The van der Waals surface area contributed by atoms with E-state index in [1.807, 2.05) is 0 Å². The predicted octanol–water partition coefficient (Wildman–Crippen LogP) is 1.49. The number of aromatic nitrogens is 1. The van der Waals surface area contributed by atoms with Crippen LogP contribution in [0.5, 0.6) is 0 Å². The third kappa shape index (κ3) is 1.47. The van der Waals surface area contributed by atoms with Crippen molar-refractivity contribution in [2.75, 3.05) is 0 Å². The molecule has 1 aromatic carbocycles. The minimum absolute atomic E-state index is 0.109. The number of fused-ring (bicyclic) bond motifs is 1. The lowest BCUT2D eigenvalue weighted by Crippen LogP contribution is -1.94. The normalized spacial score (nSPS) is 10.6. The molecule has 5 heteroatoms. The molecule has 0 saturated heterocycles. The lowest BCUT2D eigenvalue weighted by molar-refractivity contribution is 0.0697. The summed E-state index contributed by atoms with van der Waals surface area (Å²) < 4.78 is 0.786. The van der Waals surface area contributed by atoms with Gasteiger partial charge in [-0.3, -0.25) is 0 Å². The van der Waals surface area contributed by atoms with Crippen LogP contribution in [0.2, 0.25) is 0 Å². The molecule has 0 aliphatic heterocycles. The first-order chi connectivity index (χ1) is 6.70. The molecular weight excluding hydrogens is 202 g/mol. The van der Waals surface area contributed by atoms with Crippen LogP contribution in [0.1, 0.15) is 15.4 Å². The van der Waals surface area contributed by atoms with Gasteiger partial charge in [0.25, 0.3) is 0 Å². The average molecular weight is 209 g/mol. The molecule has 0 fully saturated rings. The summed E-state index contributed by atoms with van der Waals surface area (Å²) in [5.41, 5.74) is 0.967. The maximum atomic E-state index is 10.7. The summed E-state index contributed by atoms with van der Waals surface area (Å²) in [6.07, 6.45) is 0. The van der Waals surface area contributed by atoms with E-state index in [4.69, 9.17) is 10.2 Å². The first kappa shape index (κ1) is 9.11. The molecule has 0 saturated carbocycles. The number of hydrogen-bond acceptors (Lipinski definition) is 4. The molecule has 0 atom stereocenters. The summed E-state index contributed by atoms with van der Waals surface area (Å²) >= 11 is 1.30. The van der Waals surface area contributed by atoms with Gasteiger partial charge in [0.15, 0.2) is 0 Å². The predicted molar refractivity (Wildman–Crippen MR) is 52.5 cm³/mol. The van der Waals surface area contributed by atoms with E-state index in [1.165, 1.54) is 17.4 Å². The van der Waals surface area contributed by atoms with Crippen LogP contribution in [0, 0.1) is 0 Å². The van der Waals surface area contributed by atoms with Crippen molar-refractivity contribution in [1.82, 2.24) is 4.98 Å². The van der Waals surface area contributed by atoms with Gasteiger partial charge in [-0.25, -0.2) is 9.78 Å². The third-order valence-corrected chi connectivity index (χ3v) is 2.82. The highest BCUT2D eigenvalue weighted by molar-refractivity contribution is 7.18. The number of carbonyl (C=O) groups is 1. The van der Waals surface area contributed by atoms with Gasteiger partial charge in [-0.15, -0.1) is 11.3 Å². The Bertz CT molecular complexity index is 492. The number of aliphatic hydroxyl groups is 1. The second-order valence-corrected chi connectivity index (χ2v) is 3.87. The smallest absolute Gasteiger partial charge is 0.335 e. The lowest BCUT2D eigenvalue weighted by atomic mass is 10.2. The molecule has 0 aliphatic rings. The van der Waals surface area contributed by atoms with Gasteiger partial charge >= 0.3 is 5.97 Å². The number of carboxylic acids is 1. The number of rotatable bonds is 2. The van der Waals surface area contributed by atoms with Crippen molar-refractivity contribution in [2.45, 2.75) is 6.61 Å². The van der Waals surface area contributed by atoms with E-state index in [0.717, 1.165) is 10.2 Å². The quantitative estimate of drug-likeness (QED) is 0.786. The number of thiazole rings is 1. The van der Waals surface area contributed by atoms with Crippen LogP contribution in [0.4, 0.5) is 0 Å². The van der Waals surface area contributed by atoms with E-state index in [2.05, 4.69) is 4.98 Å². The molecule has 0 radical (unpaired) electrons. The lowest BCUT2D eigenvalue weighted by Gasteiger charge is -1.91. The second-order valence-electron chi connectivity index (χ2n) is 2.75. The van der Waals surface area contributed by atoms with Crippen LogP contribution in [0.15, 0.2) is 18.2 Å². The molecule has 2 aromatic rings. The summed E-state index contributed by atoms with van der Waals surface area (Å²) in [7, 11) is 0. The molecule has 0 amide bonds. The van der Waals surface area contributed by atoms with Crippen molar-refractivity contribution in [1.29, 1.82) is 0 Å². The van der Waals surface area contributed by atoms with E-state index in [9.17, 15) is 4.79 Å². The fourth-order valence-corrected chi connectivity index (χ4v) is 2.04. The zero-order valence-electron chi connectivity index (χ0n) is 7.10. The summed E-state index contributed by atoms with van der Waals surface area (Å²) in [5.74, 6) is -0.953. The summed E-state index contributed by atoms with van der Waals surface area (Å²) in [6, 6.07) is 4.72. The second kappa shape index (κ2) is 3.36. The fraction of sp³-hybridized carbons (Fsp3) is 0.111. The first-order valence-electron chi connectivity index (χ1n) is 3.94. The number of aliphatic hydroxyl groups excluding tert-OH is 1. The summed E-state index contributed by atoms with van der Waals surface area (Å²) in [6.45, 7) is -0.109. The van der Waals surface area contributed by atoms with Gasteiger partial charge in [0.1, 0.15) is 5.01 Å². The standard InChI is InChI=1S/C9H7NO3S/c11-4-8-10-6-2-1-5(9(12)13)3-7(6)14-8/h1-3,11H,4H2,(H,12,13). The van der Waals surface area contributed by atoms with E-state index in [0.29, 0.717) is 5.01 Å². The maximum absolute atomic E-state index is 10.7. The fourth-order valence-electron chi connectivity index (χ4n) is 1.17. The molecule has 4 nitrogen and oxygen atoms in total. The molecule has 0 aliphatic carbocycles. The highest BCUT2D eigenvalue weighted by Gasteiger charge is 2.07. The zero-order valence-corrected chi connectivity index (χ0v) is 7.91. The summed E-state index contributed by atoms with van der Waals surface area (Å²) in [5, 5.41) is 18.2. The minimum Gasteiger partial charge on any atom is -0.478 e. The van der Waals surface area contributed by atoms with Gasteiger partial charge in [0, 0.05) is 0 Å². The average Bonchev–Trinajstić information content (AvgIpc) is 2.58. The molecule has 1 aromatic heterocycles. The van der Waals surface area contributed by atoms with Crippen molar-refractivity contribution in [3.8, 4) is 0 Å². The molecular formula is C9H7NO3S. The van der Waals surface area contributed by atoms with Crippen molar-refractivity contribution >= 4 is 27.5 Å². The highest BCUT2D eigenvalue weighted by Crippen LogP contribution is 2.23. The number of hydrogen-bond donors (Lipinski definition) is 2. The first-order valence-corrected chi connectivity index (χ1v) is 4.76. The number of carboxylic acid groups (broad SMARTS) is 1. The van der Waals surface area contributed by atoms with Crippen LogP contribution in [-0.4, -0.2) is 21.2 Å². The number of benzene rings is 1. The van der Waals surface area contributed by atoms with Crippen LogP contribution >= 0.6 is 11.3 Å². The van der Waals surface area contributed by atoms with Crippen LogP contribution in [0.25, 0.3) is 10.2 Å². The van der Waals surface area contributed by atoms with Gasteiger partial charge in [-0.05, 0) is 18.2 Å². The van der Waals surface area contributed by atoms with Crippen LogP contribution < -0.4 is 0 Å². The summed E-state index contributed by atoms with van der Waals surface area (Å²) in [4.78, 5) is 14.8. The molecule has 72 valence electrons. The Morgan fingerprint density at radius 2 is 2.29 bits per heavy atom. The van der Waals surface area contributed by atoms with E-state index < -0.39 is 5.97 Å². The van der Waals surface area contributed by atoms with E-state index in [1.54, 1.807) is 12.1 Å². The number of aromatic carboxylic acids is 1. The monoisotopic (exact) mass is 209 g/mol. The van der Waals surface area contributed by atoms with Crippen molar-refractivity contribution < 1.29 is 15.0 Å². The van der Waals surface area contributed by atoms with E-state index >= 15 is 0 Å². The molecule has 0 bridgehead atoms. The van der Waals surface area contributed by atoms with Crippen LogP contribution in [-0.2, 0) is 6.61 Å². The molecule has 1 heterocycles. The Morgan fingerprint density at radius 1 is 1.50 bits per heavy atom. The molecule has 0 spiro atoms. The molecule has 14 heavy (non-hydrogen) atoms. The van der Waals surface area contributed by atoms with Crippen molar-refractivity contribution in [3.05, 3.63) is 28.8 Å². The molecule has 0 unspecified atom stereocenters. The largest absolute Gasteiger partial charge is 0.478 e. The zero-order chi connectivity index (χ0) is 10.1. The topological polar surface area (TPSA) is 70.4 Å². The number of nitrogens with zero attached hydrogens (tertiary/aromatic N) is 1. The van der Waals surface area contributed by atoms with Crippen molar-refractivity contribution in [3.63, 3.8) is 0 Å². The minimum atomic E-state index is -0.953. The molecule has 2 rings (SSSR count). The van der Waals surface area contributed by atoms with Gasteiger partial charge < -0.3 is 10.2 Å². The van der Waals surface area contributed by atoms with E-state index in [-0.39, 0.29) is 12.2 Å². The van der Waals surface area contributed by atoms with Gasteiger partial charge in [-0.1, -0.05) is 0 Å². The van der Waals surface area contributed by atoms with Gasteiger partial charge in [0.05, 0.1) is 22.4 Å². The Balaban J connectivity index is 2.59. The van der Waals surface area contributed by atoms with Gasteiger partial charge in [0.2, 0.25) is 0 Å². The molecule has 2 N–H and O–H groups in total. The SMILES string of the molecule is O=C(O)c1ccc2nc(CO)sc2c1. The van der Waals surface area contributed by atoms with Crippen molar-refractivity contribution in [2.24, 2.45) is 0 Å². The van der Waals surface area contributed by atoms with Gasteiger partial charge in [-0.2, -0.15) is 0 Å².